The zero-order valence-electron chi connectivity index (χ0n) is 15.5. The van der Waals surface area contributed by atoms with Crippen LogP contribution in [-0.2, 0) is 6.54 Å². The van der Waals surface area contributed by atoms with E-state index in [2.05, 4.69) is 38.2 Å². The van der Waals surface area contributed by atoms with Crippen molar-refractivity contribution in [2.24, 2.45) is 10.9 Å². The van der Waals surface area contributed by atoms with E-state index in [1.807, 2.05) is 48.4 Å². The lowest BCUT2D eigenvalue weighted by molar-refractivity contribution is 0.364. The summed E-state index contributed by atoms with van der Waals surface area (Å²) in [4.78, 5) is 9.11. The molecule has 2 aromatic rings. The first-order valence-electron chi connectivity index (χ1n) is 9.10. The number of benzene rings is 1. The first kappa shape index (κ1) is 18.6. The molecule has 2 heterocycles. The van der Waals surface area contributed by atoms with Gasteiger partial charge in [0, 0.05) is 58.7 Å². The van der Waals surface area contributed by atoms with Gasteiger partial charge in [-0.1, -0.05) is 30.7 Å². The van der Waals surface area contributed by atoms with E-state index in [1.54, 1.807) is 0 Å². The standard InChI is InChI=1S/C19H27ClN6/c1-16(15-26-9-5-8-23-26)14-22-19(21-2)25-12-10-24(11-13-25)18-7-4-3-6-17(18)20/h3-9,16H,10-15H2,1-2H3,(H,21,22). The fourth-order valence-corrected chi connectivity index (χ4v) is 3.51. The van der Waals surface area contributed by atoms with Crippen LogP contribution in [0, 0.1) is 5.92 Å². The van der Waals surface area contributed by atoms with Gasteiger partial charge in [-0.25, -0.2) is 0 Å². The molecule has 1 N–H and O–H groups in total. The van der Waals surface area contributed by atoms with E-state index in [9.17, 15) is 0 Å². The SMILES string of the molecule is CN=C(NCC(C)Cn1cccn1)N1CCN(c2ccccc2Cl)CC1. The van der Waals surface area contributed by atoms with Gasteiger partial charge in [-0.15, -0.1) is 0 Å². The third-order valence-electron chi connectivity index (χ3n) is 4.65. The van der Waals surface area contributed by atoms with Crippen molar-refractivity contribution >= 4 is 23.2 Å². The van der Waals surface area contributed by atoms with Gasteiger partial charge in [-0.05, 0) is 24.1 Å². The van der Waals surface area contributed by atoms with Gasteiger partial charge in [0.05, 0.1) is 10.7 Å². The molecule has 1 unspecified atom stereocenters. The van der Waals surface area contributed by atoms with Crippen LogP contribution in [0.2, 0.25) is 5.02 Å². The summed E-state index contributed by atoms with van der Waals surface area (Å²) in [5.41, 5.74) is 1.12. The van der Waals surface area contributed by atoms with Gasteiger partial charge in [-0.3, -0.25) is 9.67 Å². The lowest BCUT2D eigenvalue weighted by atomic mass is 10.2. The largest absolute Gasteiger partial charge is 0.367 e. The molecule has 0 bridgehead atoms. The van der Waals surface area contributed by atoms with Gasteiger partial charge in [0.25, 0.3) is 0 Å². The minimum absolute atomic E-state index is 0.469. The highest BCUT2D eigenvalue weighted by Gasteiger charge is 2.21. The Hall–Kier alpha value is -2.21. The lowest BCUT2D eigenvalue weighted by Gasteiger charge is -2.38. The highest BCUT2D eigenvalue weighted by Crippen LogP contribution is 2.25. The molecule has 1 atom stereocenters. The number of nitrogens with one attached hydrogen (secondary N) is 1. The number of nitrogens with zero attached hydrogens (tertiary/aromatic N) is 5. The van der Waals surface area contributed by atoms with E-state index in [4.69, 9.17) is 11.6 Å². The Kier molecular flexibility index (Phi) is 6.39. The zero-order chi connectivity index (χ0) is 18.4. The molecule has 0 amide bonds. The predicted molar refractivity (Wildman–Crippen MR) is 108 cm³/mol. The van der Waals surface area contributed by atoms with E-state index in [-0.39, 0.29) is 0 Å². The van der Waals surface area contributed by atoms with Crippen molar-refractivity contribution < 1.29 is 0 Å². The monoisotopic (exact) mass is 374 g/mol. The lowest BCUT2D eigenvalue weighted by Crippen LogP contribution is -2.53. The number of aromatic nitrogens is 2. The molecule has 1 saturated heterocycles. The Morgan fingerprint density at radius 2 is 2.00 bits per heavy atom. The molecule has 1 aliphatic rings. The number of rotatable bonds is 5. The molecule has 140 valence electrons. The molecule has 3 rings (SSSR count). The van der Waals surface area contributed by atoms with Gasteiger partial charge in [0.15, 0.2) is 5.96 Å². The smallest absolute Gasteiger partial charge is 0.193 e. The van der Waals surface area contributed by atoms with Crippen molar-refractivity contribution in [2.45, 2.75) is 13.5 Å². The minimum atomic E-state index is 0.469. The fraction of sp³-hybridized carbons (Fsp3) is 0.474. The molecular formula is C19H27ClN6. The summed E-state index contributed by atoms with van der Waals surface area (Å²) in [6, 6.07) is 10.00. The van der Waals surface area contributed by atoms with Crippen LogP contribution in [0.5, 0.6) is 0 Å². The molecule has 1 aliphatic heterocycles. The average Bonchev–Trinajstić information content (AvgIpc) is 3.16. The van der Waals surface area contributed by atoms with Gasteiger partial charge in [0.2, 0.25) is 0 Å². The number of anilines is 1. The Balaban J connectivity index is 1.48. The van der Waals surface area contributed by atoms with Crippen LogP contribution in [0.3, 0.4) is 0 Å². The molecule has 0 radical (unpaired) electrons. The molecule has 0 saturated carbocycles. The fourth-order valence-electron chi connectivity index (χ4n) is 3.26. The van der Waals surface area contributed by atoms with Crippen LogP contribution in [0.1, 0.15) is 6.92 Å². The van der Waals surface area contributed by atoms with Crippen LogP contribution in [0.25, 0.3) is 0 Å². The van der Waals surface area contributed by atoms with E-state index >= 15 is 0 Å². The molecular weight excluding hydrogens is 348 g/mol. The Morgan fingerprint density at radius 3 is 2.65 bits per heavy atom. The first-order chi connectivity index (χ1) is 12.7. The Morgan fingerprint density at radius 1 is 1.23 bits per heavy atom. The molecule has 26 heavy (non-hydrogen) atoms. The summed E-state index contributed by atoms with van der Waals surface area (Å²) < 4.78 is 1.97. The van der Waals surface area contributed by atoms with Crippen LogP contribution >= 0.6 is 11.6 Å². The topological polar surface area (TPSA) is 48.7 Å². The van der Waals surface area contributed by atoms with E-state index < -0.39 is 0 Å². The van der Waals surface area contributed by atoms with Crippen LogP contribution < -0.4 is 10.2 Å². The highest BCUT2D eigenvalue weighted by atomic mass is 35.5. The first-order valence-corrected chi connectivity index (χ1v) is 9.47. The second kappa shape index (κ2) is 8.94. The number of para-hydroxylation sites is 1. The molecule has 1 aromatic heterocycles. The van der Waals surface area contributed by atoms with Gasteiger partial charge in [-0.2, -0.15) is 5.10 Å². The second-order valence-electron chi connectivity index (χ2n) is 6.69. The molecule has 1 aromatic carbocycles. The number of guanidine groups is 1. The number of halogens is 1. The summed E-state index contributed by atoms with van der Waals surface area (Å²) in [5, 5.41) is 8.59. The minimum Gasteiger partial charge on any atom is -0.367 e. The van der Waals surface area contributed by atoms with Crippen LogP contribution in [0.4, 0.5) is 5.69 Å². The highest BCUT2D eigenvalue weighted by molar-refractivity contribution is 6.33. The maximum atomic E-state index is 6.33. The Bertz CT molecular complexity index is 707. The van der Waals surface area contributed by atoms with Crippen molar-refractivity contribution in [1.82, 2.24) is 20.0 Å². The Labute approximate surface area is 160 Å². The van der Waals surface area contributed by atoms with Crippen molar-refractivity contribution in [3.05, 3.63) is 47.7 Å². The van der Waals surface area contributed by atoms with Crippen LogP contribution in [0.15, 0.2) is 47.7 Å². The zero-order valence-corrected chi connectivity index (χ0v) is 16.2. The van der Waals surface area contributed by atoms with E-state index in [1.165, 1.54) is 0 Å². The van der Waals surface area contributed by atoms with Crippen molar-refractivity contribution in [3.63, 3.8) is 0 Å². The number of hydrogen-bond acceptors (Lipinski definition) is 3. The van der Waals surface area contributed by atoms with Gasteiger partial charge < -0.3 is 15.1 Å². The molecule has 1 fully saturated rings. The van der Waals surface area contributed by atoms with Crippen molar-refractivity contribution in [1.29, 1.82) is 0 Å². The quantitative estimate of drug-likeness (QED) is 0.645. The molecule has 7 heteroatoms. The second-order valence-corrected chi connectivity index (χ2v) is 7.09. The number of aliphatic imine (C=N–C) groups is 1. The maximum Gasteiger partial charge on any atom is 0.193 e. The summed E-state index contributed by atoms with van der Waals surface area (Å²) >= 11 is 6.33. The average molecular weight is 375 g/mol. The number of piperazine rings is 1. The van der Waals surface area contributed by atoms with Crippen molar-refractivity contribution in [3.8, 4) is 0 Å². The molecule has 0 aliphatic carbocycles. The van der Waals surface area contributed by atoms with Crippen LogP contribution in [-0.4, -0.2) is 60.4 Å². The third kappa shape index (κ3) is 4.69. The predicted octanol–water partition coefficient (Wildman–Crippen LogP) is 2.57. The van der Waals surface area contributed by atoms with E-state index in [0.717, 1.165) is 55.9 Å². The summed E-state index contributed by atoms with van der Waals surface area (Å²) in [6.07, 6.45) is 3.82. The van der Waals surface area contributed by atoms with Gasteiger partial charge >= 0.3 is 0 Å². The normalized spacial score (nSPS) is 16.7. The summed E-state index contributed by atoms with van der Waals surface area (Å²) in [5.74, 6) is 1.44. The number of hydrogen-bond donors (Lipinski definition) is 1. The molecule has 0 spiro atoms. The maximum absolute atomic E-state index is 6.33. The third-order valence-corrected chi connectivity index (χ3v) is 4.97. The summed E-state index contributed by atoms with van der Waals surface area (Å²) in [6.45, 7) is 7.73. The van der Waals surface area contributed by atoms with E-state index in [0.29, 0.717) is 5.92 Å². The summed E-state index contributed by atoms with van der Waals surface area (Å²) in [7, 11) is 1.85. The van der Waals surface area contributed by atoms with Gasteiger partial charge in [0.1, 0.15) is 0 Å². The molecule has 6 nitrogen and oxygen atoms in total. The van der Waals surface area contributed by atoms with Crippen molar-refractivity contribution in [2.75, 3.05) is 44.7 Å².